The third-order valence-electron chi connectivity index (χ3n) is 1.21. The van der Waals surface area contributed by atoms with Crippen molar-refractivity contribution >= 4 is 14.7 Å². The van der Waals surface area contributed by atoms with Gasteiger partial charge in [-0.15, -0.1) is 0 Å². The third kappa shape index (κ3) is 2.15. The highest BCUT2D eigenvalue weighted by Gasteiger charge is 2.03. The van der Waals surface area contributed by atoms with E-state index in [-0.39, 0.29) is 5.69 Å². The zero-order valence-electron chi connectivity index (χ0n) is 5.93. The van der Waals surface area contributed by atoms with E-state index in [1.54, 1.807) is 0 Å². The molecule has 1 N–H and O–H groups in total. The summed E-state index contributed by atoms with van der Waals surface area (Å²) in [5, 5.41) is 10.2. The van der Waals surface area contributed by atoms with Gasteiger partial charge in [0.1, 0.15) is 5.75 Å². The molecule has 0 amide bonds. The summed E-state index contributed by atoms with van der Waals surface area (Å²) in [6, 6.07) is 5.49. The standard InChI is InChI=1S/C6H6NO4P/c8-7(9)5-1-3-6(4-2-5)11-12-10/h1-4,10,12H. The van der Waals surface area contributed by atoms with E-state index in [4.69, 9.17) is 9.42 Å². The number of hydrogen-bond donors (Lipinski definition) is 1. The second-order valence-electron chi connectivity index (χ2n) is 1.94. The molecule has 0 heterocycles. The van der Waals surface area contributed by atoms with Crippen LogP contribution >= 0.6 is 9.03 Å². The van der Waals surface area contributed by atoms with Crippen LogP contribution in [0.25, 0.3) is 0 Å². The minimum absolute atomic E-state index is 0.00335. The lowest BCUT2D eigenvalue weighted by Gasteiger charge is -1.98. The number of non-ortho nitro benzene ring substituents is 1. The molecule has 0 aromatic heterocycles. The quantitative estimate of drug-likeness (QED) is 0.441. The predicted molar refractivity (Wildman–Crippen MR) is 44.3 cm³/mol. The maximum Gasteiger partial charge on any atom is 0.269 e. The Labute approximate surface area is 70.1 Å². The zero-order chi connectivity index (χ0) is 8.97. The SMILES string of the molecule is O=[N+]([O-])c1ccc(OPO)cc1. The maximum absolute atomic E-state index is 10.2. The summed E-state index contributed by atoms with van der Waals surface area (Å²) in [6.07, 6.45) is 0. The molecule has 1 aromatic carbocycles. The molecule has 0 aliphatic carbocycles. The van der Waals surface area contributed by atoms with Gasteiger partial charge in [0.05, 0.1) is 4.92 Å². The number of rotatable bonds is 3. The molecule has 0 aliphatic rings. The van der Waals surface area contributed by atoms with Crippen molar-refractivity contribution in [3.8, 4) is 5.75 Å². The van der Waals surface area contributed by atoms with E-state index in [9.17, 15) is 10.1 Å². The van der Waals surface area contributed by atoms with Gasteiger partial charge in [-0.05, 0) is 12.1 Å². The van der Waals surface area contributed by atoms with Gasteiger partial charge in [-0.1, -0.05) is 0 Å². The lowest BCUT2D eigenvalue weighted by Crippen LogP contribution is -1.86. The summed E-state index contributed by atoms with van der Waals surface area (Å²) in [6.45, 7) is 0. The molecule has 0 saturated carbocycles. The molecule has 5 nitrogen and oxygen atoms in total. The van der Waals surface area contributed by atoms with Crippen LogP contribution in [0.2, 0.25) is 0 Å². The normalized spacial score (nSPS) is 10.4. The third-order valence-corrected chi connectivity index (χ3v) is 1.54. The van der Waals surface area contributed by atoms with Crippen LogP contribution in [0.3, 0.4) is 0 Å². The average Bonchev–Trinajstić information content (AvgIpc) is 2.06. The Morgan fingerprint density at radius 1 is 1.42 bits per heavy atom. The molecule has 0 bridgehead atoms. The monoisotopic (exact) mass is 187 g/mol. The summed E-state index contributed by atoms with van der Waals surface area (Å²) in [5.74, 6) is 0.418. The van der Waals surface area contributed by atoms with Crippen molar-refractivity contribution in [1.29, 1.82) is 0 Å². The first-order chi connectivity index (χ1) is 5.74. The van der Waals surface area contributed by atoms with Crippen molar-refractivity contribution in [2.24, 2.45) is 0 Å². The fourth-order valence-electron chi connectivity index (χ4n) is 0.689. The van der Waals surface area contributed by atoms with Gasteiger partial charge >= 0.3 is 0 Å². The first kappa shape index (κ1) is 8.90. The van der Waals surface area contributed by atoms with Crippen LogP contribution in [-0.4, -0.2) is 9.82 Å². The van der Waals surface area contributed by atoms with Crippen LogP contribution in [0.5, 0.6) is 5.75 Å². The van der Waals surface area contributed by atoms with Gasteiger partial charge in [0, 0.05) is 12.1 Å². The Morgan fingerprint density at radius 3 is 2.42 bits per heavy atom. The first-order valence-corrected chi connectivity index (χ1v) is 3.90. The van der Waals surface area contributed by atoms with Gasteiger partial charge in [-0.2, -0.15) is 0 Å². The molecule has 0 saturated heterocycles. The highest BCUT2D eigenvalue weighted by Crippen LogP contribution is 2.21. The Bertz CT molecular complexity index is 273. The second kappa shape index (κ2) is 3.99. The molecule has 1 aromatic rings. The van der Waals surface area contributed by atoms with Gasteiger partial charge in [0.25, 0.3) is 5.69 Å². The zero-order valence-corrected chi connectivity index (χ0v) is 6.93. The van der Waals surface area contributed by atoms with Crippen molar-refractivity contribution in [3.63, 3.8) is 0 Å². The maximum atomic E-state index is 10.2. The molecule has 0 radical (unpaired) electrons. The van der Waals surface area contributed by atoms with E-state index >= 15 is 0 Å². The summed E-state index contributed by atoms with van der Waals surface area (Å²) in [7, 11) is -0.643. The van der Waals surface area contributed by atoms with Gasteiger partial charge in [0.15, 0.2) is 0 Å². The Balaban J connectivity index is 2.78. The predicted octanol–water partition coefficient (Wildman–Crippen LogP) is 1.47. The van der Waals surface area contributed by atoms with E-state index in [1.165, 1.54) is 24.3 Å². The van der Waals surface area contributed by atoms with Gasteiger partial charge < -0.3 is 9.42 Å². The summed E-state index contributed by atoms with van der Waals surface area (Å²) < 4.78 is 4.70. The number of nitro benzene ring substituents is 1. The van der Waals surface area contributed by atoms with Gasteiger partial charge in [-0.25, -0.2) is 0 Å². The number of nitro groups is 1. The van der Waals surface area contributed by atoms with E-state index in [0.717, 1.165) is 0 Å². The second-order valence-corrected chi connectivity index (χ2v) is 2.33. The molecule has 1 unspecified atom stereocenters. The largest absolute Gasteiger partial charge is 0.450 e. The fraction of sp³-hybridized carbons (Fsp3) is 0. The van der Waals surface area contributed by atoms with Crippen molar-refractivity contribution in [2.45, 2.75) is 0 Å². The molecule has 0 fully saturated rings. The van der Waals surface area contributed by atoms with E-state index in [2.05, 4.69) is 0 Å². The molecule has 64 valence electrons. The van der Waals surface area contributed by atoms with Crippen molar-refractivity contribution in [1.82, 2.24) is 0 Å². The Morgan fingerprint density at radius 2 is 2.00 bits per heavy atom. The lowest BCUT2D eigenvalue weighted by molar-refractivity contribution is -0.384. The van der Waals surface area contributed by atoms with Crippen LogP contribution < -0.4 is 4.52 Å². The fourth-order valence-corrected chi connectivity index (χ4v) is 0.930. The molecular formula is C6H6NO4P. The van der Waals surface area contributed by atoms with Crippen LogP contribution in [0.1, 0.15) is 0 Å². The van der Waals surface area contributed by atoms with E-state index in [0.29, 0.717) is 5.75 Å². The van der Waals surface area contributed by atoms with Crippen molar-refractivity contribution < 1.29 is 14.3 Å². The lowest BCUT2D eigenvalue weighted by atomic mass is 10.3. The van der Waals surface area contributed by atoms with E-state index < -0.39 is 14.0 Å². The van der Waals surface area contributed by atoms with Crippen LogP contribution in [-0.2, 0) is 0 Å². The first-order valence-electron chi connectivity index (χ1n) is 3.04. The molecule has 1 atom stereocenters. The Kier molecular flexibility index (Phi) is 2.96. The van der Waals surface area contributed by atoms with Crippen molar-refractivity contribution in [3.05, 3.63) is 34.4 Å². The Hall–Kier alpha value is -1.19. The van der Waals surface area contributed by atoms with Crippen molar-refractivity contribution in [2.75, 3.05) is 0 Å². The smallest absolute Gasteiger partial charge is 0.269 e. The topological polar surface area (TPSA) is 72.6 Å². The van der Waals surface area contributed by atoms with E-state index in [1.807, 2.05) is 0 Å². The molecule has 6 heteroatoms. The van der Waals surface area contributed by atoms with Crippen LogP contribution in [0, 0.1) is 10.1 Å². The number of hydrogen-bond acceptors (Lipinski definition) is 4. The molecule has 0 aliphatic heterocycles. The van der Waals surface area contributed by atoms with Gasteiger partial charge in [-0.3, -0.25) is 10.1 Å². The highest BCUT2D eigenvalue weighted by molar-refractivity contribution is 7.25. The molecular weight excluding hydrogens is 181 g/mol. The highest BCUT2D eigenvalue weighted by atomic mass is 31.1. The molecule has 12 heavy (non-hydrogen) atoms. The molecule has 1 rings (SSSR count). The number of benzene rings is 1. The molecule has 0 spiro atoms. The van der Waals surface area contributed by atoms with Gasteiger partial charge in [0.2, 0.25) is 9.03 Å². The summed E-state index contributed by atoms with van der Waals surface area (Å²) >= 11 is 0. The van der Waals surface area contributed by atoms with Crippen LogP contribution in [0.4, 0.5) is 5.69 Å². The minimum atomic E-state index is -0.643. The van der Waals surface area contributed by atoms with Crippen LogP contribution in [0.15, 0.2) is 24.3 Å². The average molecular weight is 187 g/mol. The minimum Gasteiger partial charge on any atom is -0.450 e. The number of nitrogens with zero attached hydrogens (tertiary/aromatic N) is 1. The summed E-state index contributed by atoms with van der Waals surface area (Å²) in [4.78, 5) is 18.1. The summed E-state index contributed by atoms with van der Waals surface area (Å²) in [5.41, 5.74) is 0.00335.